The standard InChI is InChI=1S/C17H14FNO2/c1-10-3-5-13(18)9-14(10)17(21)11-4-6-15-12(7-11)8-16(20)19(15)2/h3-7,9H,8H2,1-2H3. The molecule has 3 nitrogen and oxygen atoms in total. The van der Waals surface area contributed by atoms with E-state index in [9.17, 15) is 14.0 Å². The minimum Gasteiger partial charge on any atom is -0.315 e. The largest absolute Gasteiger partial charge is 0.315 e. The Bertz CT molecular complexity index is 767. The molecule has 0 fully saturated rings. The lowest BCUT2D eigenvalue weighted by Crippen LogP contribution is -2.20. The lowest BCUT2D eigenvalue weighted by molar-refractivity contribution is -0.117. The second kappa shape index (κ2) is 4.81. The first-order chi connectivity index (χ1) is 9.97. The summed E-state index contributed by atoms with van der Waals surface area (Å²) in [7, 11) is 1.71. The van der Waals surface area contributed by atoms with Crippen LogP contribution in [0.15, 0.2) is 36.4 Å². The van der Waals surface area contributed by atoms with Crippen molar-refractivity contribution in [2.24, 2.45) is 0 Å². The fourth-order valence-electron chi connectivity index (χ4n) is 2.61. The molecule has 1 heterocycles. The number of carbonyl (C=O) groups excluding carboxylic acids is 2. The summed E-state index contributed by atoms with van der Waals surface area (Å²) in [6.45, 7) is 1.78. The number of ketones is 1. The number of benzene rings is 2. The van der Waals surface area contributed by atoms with E-state index in [0.717, 1.165) is 16.8 Å². The van der Waals surface area contributed by atoms with Gasteiger partial charge in [-0.3, -0.25) is 9.59 Å². The molecule has 1 aliphatic heterocycles. The molecule has 0 aromatic heterocycles. The van der Waals surface area contributed by atoms with Gasteiger partial charge in [-0.05, 0) is 48.4 Å². The van der Waals surface area contributed by atoms with Crippen molar-refractivity contribution in [3.05, 3.63) is 64.5 Å². The monoisotopic (exact) mass is 283 g/mol. The highest BCUT2D eigenvalue weighted by Crippen LogP contribution is 2.29. The summed E-state index contributed by atoms with van der Waals surface area (Å²) >= 11 is 0. The number of anilines is 1. The highest BCUT2D eigenvalue weighted by atomic mass is 19.1. The number of halogens is 1. The van der Waals surface area contributed by atoms with Crippen LogP contribution in [0.2, 0.25) is 0 Å². The zero-order valence-corrected chi connectivity index (χ0v) is 11.8. The number of rotatable bonds is 2. The molecule has 21 heavy (non-hydrogen) atoms. The van der Waals surface area contributed by atoms with Gasteiger partial charge in [-0.25, -0.2) is 4.39 Å². The topological polar surface area (TPSA) is 37.4 Å². The minimum atomic E-state index is -0.431. The molecule has 0 unspecified atom stereocenters. The first kappa shape index (κ1) is 13.5. The maximum Gasteiger partial charge on any atom is 0.231 e. The number of hydrogen-bond acceptors (Lipinski definition) is 2. The van der Waals surface area contributed by atoms with Crippen molar-refractivity contribution >= 4 is 17.4 Å². The smallest absolute Gasteiger partial charge is 0.231 e. The van der Waals surface area contributed by atoms with Crippen molar-refractivity contribution in [3.8, 4) is 0 Å². The lowest BCUT2D eigenvalue weighted by atomic mass is 9.97. The van der Waals surface area contributed by atoms with Crippen molar-refractivity contribution in [3.63, 3.8) is 0 Å². The Balaban J connectivity index is 2.02. The lowest BCUT2D eigenvalue weighted by Gasteiger charge is -2.11. The Morgan fingerprint density at radius 2 is 1.95 bits per heavy atom. The van der Waals surface area contributed by atoms with Gasteiger partial charge in [0.05, 0.1) is 6.42 Å². The molecule has 0 spiro atoms. The van der Waals surface area contributed by atoms with Crippen molar-refractivity contribution in [1.29, 1.82) is 0 Å². The fraction of sp³-hybridized carbons (Fsp3) is 0.176. The highest BCUT2D eigenvalue weighted by Gasteiger charge is 2.25. The Labute approximate surface area is 122 Å². The van der Waals surface area contributed by atoms with E-state index in [1.807, 2.05) is 0 Å². The first-order valence-corrected chi connectivity index (χ1v) is 6.67. The number of aryl methyl sites for hydroxylation is 1. The van der Waals surface area contributed by atoms with E-state index in [1.54, 1.807) is 43.1 Å². The molecule has 1 aliphatic rings. The third kappa shape index (κ3) is 2.23. The van der Waals surface area contributed by atoms with Gasteiger partial charge in [-0.2, -0.15) is 0 Å². The number of carbonyl (C=O) groups is 2. The normalized spacial score (nSPS) is 13.5. The summed E-state index contributed by atoms with van der Waals surface area (Å²) in [5.41, 5.74) is 3.23. The van der Waals surface area contributed by atoms with E-state index in [-0.39, 0.29) is 11.7 Å². The van der Waals surface area contributed by atoms with Crippen LogP contribution in [0.5, 0.6) is 0 Å². The number of likely N-dealkylation sites (N-methyl/N-ethyl adjacent to an activating group) is 1. The third-order valence-corrected chi connectivity index (χ3v) is 3.86. The molecule has 3 rings (SSSR count). The molecule has 106 valence electrons. The van der Waals surface area contributed by atoms with Crippen molar-refractivity contribution in [2.45, 2.75) is 13.3 Å². The summed E-state index contributed by atoms with van der Waals surface area (Å²) < 4.78 is 13.3. The molecule has 0 saturated heterocycles. The summed E-state index contributed by atoms with van der Waals surface area (Å²) in [5, 5.41) is 0. The molecule has 4 heteroatoms. The van der Waals surface area contributed by atoms with E-state index in [1.165, 1.54) is 12.1 Å². The molecular weight excluding hydrogens is 269 g/mol. The summed E-state index contributed by atoms with van der Waals surface area (Å²) in [5.74, 6) is -0.645. The average Bonchev–Trinajstić information content (AvgIpc) is 2.75. The van der Waals surface area contributed by atoms with Gasteiger partial charge in [-0.1, -0.05) is 6.07 Å². The summed E-state index contributed by atoms with van der Waals surface area (Å²) in [6, 6.07) is 9.35. The van der Waals surface area contributed by atoms with Gasteiger partial charge in [0.15, 0.2) is 5.78 Å². The van der Waals surface area contributed by atoms with Gasteiger partial charge in [-0.15, -0.1) is 0 Å². The van der Waals surface area contributed by atoms with Crippen molar-refractivity contribution < 1.29 is 14.0 Å². The SMILES string of the molecule is Cc1ccc(F)cc1C(=O)c1ccc2c(c1)CC(=O)N2C. The fourth-order valence-corrected chi connectivity index (χ4v) is 2.61. The molecule has 0 radical (unpaired) electrons. The van der Waals surface area contributed by atoms with Gasteiger partial charge in [0.2, 0.25) is 5.91 Å². The number of amides is 1. The second-order valence-corrected chi connectivity index (χ2v) is 5.26. The number of nitrogens with zero attached hydrogens (tertiary/aromatic N) is 1. The van der Waals surface area contributed by atoms with E-state index < -0.39 is 5.82 Å². The number of fused-ring (bicyclic) bond motifs is 1. The zero-order valence-electron chi connectivity index (χ0n) is 11.8. The Hall–Kier alpha value is -2.49. The molecule has 2 aromatic carbocycles. The summed E-state index contributed by atoms with van der Waals surface area (Å²) in [6.07, 6.45) is 0.301. The predicted molar refractivity (Wildman–Crippen MR) is 78.1 cm³/mol. The van der Waals surface area contributed by atoms with Gasteiger partial charge in [0.1, 0.15) is 5.82 Å². The quantitative estimate of drug-likeness (QED) is 0.795. The van der Waals surface area contributed by atoms with Crippen LogP contribution >= 0.6 is 0 Å². The van der Waals surface area contributed by atoms with Gasteiger partial charge in [0.25, 0.3) is 0 Å². The van der Waals surface area contributed by atoms with Crippen molar-refractivity contribution in [2.75, 3.05) is 11.9 Å². The molecule has 2 aromatic rings. The Morgan fingerprint density at radius 3 is 2.71 bits per heavy atom. The van der Waals surface area contributed by atoms with Crippen molar-refractivity contribution in [1.82, 2.24) is 0 Å². The third-order valence-electron chi connectivity index (χ3n) is 3.86. The van der Waals surface area contributed by atoms with Crippen LogP contribution in [0.4, 0.5) is 10.1 Å². The molecule has 0 bridgehead atoms. The Morgan fingerprint density at radius 1 is 1.19 bits per heavy atom. The zero-order chi connectivity index (χ0) is 15.1. The van der Waals surface area contributed by atoms with Crippen LogP contribution in [-0.4, -0.2) is 18.7 Å². The second-order valence-electron chi connectivity index (χ2n) is 5.26. The van der Waals surface area contributed by atoms with Crippen LogP contribution in [-0.2, 0) is 11.2 Å². The maximum atomic E-state index is 13.3. The molecule has 0 N–H and O–H groups in total. The highest BCUT2D eigenvalue weighted by molar-refractivity contribution is 6.11. The van der Waals surface area contributed by atoms with E-state index in [4.69, 9.17) is 0 Å². The molecule has 0 aliphatic carbocycles. The van der Waals surface area contributed by atoms with Crippen LogP contribution in [0.1, 0.15) is 27.0 Å². The van der Waals surface area contributed by atoms with E-state index in [0.29, 0.717) is 17.5 Å². The van der Waals surface area contributed by atoms with Crippen LogP contribution in [0.25, 0.3) is 0 Å². The van der Waals surface area contributed by atoms with Crippen LogP contribution in [0.3, 0.4) is 0 Å². The summed E-state index contributed by atoms with van der Waals surface area (Å²) in [4.78, 5) is 25.8. The molecule has 1 amide bonds. The van der Waals surface area contributed by atoms with Crippen LogP contribution in [0, 0.1) is 12.7 Å². The van der Waals surface area contributed by atoms with E-state index >= 15 is 0 Å². The van der Waals surface area contributed by atoms with E-state index in [2.05, 4.69) is 0 Å². The minimum absolute atomic E-state index is 0.0107. The molecule has 0 atom stereocenters. The maximum absolute atomic E-state index is 13.3. The average molecular weight is 283 g/mol. The Kier molecular flexibility index (Phi) is 3.09. The van der Waals surface area contributed by atoms with Gasteiger partial charge in [0, 0.05) is 23.9 Å². The molecule has 0 saturated carbocycles. The van der Waals surface area contributed by atoms with Gasteiger partial charge >= 0.3 is 0 Å². The predicted octanol–water partition coefficient (Wildman–Crippen LogP) is 2.88. The van der Waals surface area contributed by atoms with Crippen LogP contribution < -0.4 is 4.90 Å². The first-order valence-electron chi connectivity index (χ1n) is 6.67. The molecular formula is C17H14FNO2. The van der Waals surface area contributed by atoms with Gasteiger partial charge < -0.3 is 4.90 Å². The number of hydrogen-bond donors (Lipinski definition) is 0.